The zero-order chi connectivity index (χ0) is 17.3. The van der Waals surface area contributed by atoms with Crippen LogP contribution >= 0.6 is 11.6 Å². The lowest BCUT2D eigenvalue weighted by Gasteiger charge is -2.09. The van der Waals surface area contributed by atoms with Gasteiger partial charge < -0.3 is 9.84 Å². The fourth-order valence-electron chi connectivity index (χ4n) is 2.74. The molecule has 1 aliphatic rings. The average Bonchev–Trinajstić information content (AvgIpc) is 3.16. The maximum atomic E-state index is 12.6. The van der Waals surface area contributed by atoms with Crippen molar-refractivity contribution in [1.29, 1.82) is 0 Å². The molecule has 0 radical (unpaired) electrons. The molecule has 3 rings (SSSR count). The van der Waals surface area contributed by atoms with Crippen molar-refractivity contribution in [2.24, 2.45) is 0 Å². The smallest absolute Gasteiger partial charge is 0.349 e. The first-order chi connectivity index (χ1) is 11.4. The van der Waals surface area contributed by atoms with Crippen LogP contribution < -0.4 is 5.32 Å². The van der Waals surface area contributed by atoms with Gasteiger partial charge in [0, 0.05) is 11.6 Å². The van der Waals surface area contributed by atoms with Crippen LogP contribution in [0.4, 0.5) is 13.2 Å². The number of amides is 1. The minimum Gasteiger partial charge on any atom is -0.349 e. The maximum Gasteiger partial charge on any atom is 0.416 e. The molecular weight excluding hydrogens is 345 g/mol. The minimum absolute atomic E-state index is 0.00902. The van der Waals surface area contributed by atoms with Gasteiger partial charge in [0.15, 0.2) is 0 Å². The van der Waals surface area contributed by atoms with E-state index in [2.05, 4.69) is 10.5 Å². The van der Waals surface area contributed by atoms with E-state index in [1.807, 2.05) is 0 Å². The Hall–Kier alpha value is -2.02. The van der Waals surface area contributed by atoms with E-state index >= 15 is 0 Å². The first kappa shape index (κ1) is 16.8. The summed E-state index contributed by atoms with van der Waals surface area (Å²) in [6.45, 7) is 0. The molecule has 1 aromatic carbocycles. The van der Waals surface area contributed by atoms with Gasteiger partial charge >= 0.3 is 6.18 Å². The van der Waals surface area contributed by atoms with E-state index in [0.29, 0.717) is 5.56 Å². The molecule has 0 saturated heterocycles. The van der Waals surface area contributed by atoms with Gasteiger partial charge in [-0.25, -0.2) is 0 Å². The van der Waals surface area contributed by atoms with Gasteiger partial charge in [-0.3, -0.25) is 4.79 Å². The van der Waals surface area contributed by atoms with E-state index in [0.717, 1.165) is 37.8 Å². The lowest BCUT2D eigenvalue weighted by Crippen LogP contribution is -2.32. The number of alkyl halides is 3. The largest absolute Gasteiger partial charge is 0.416 e. The van der Waals surface area contributed by atoms with Crippen LogP contribution in [0.15, 0.2) is 28.8 Å². The number of rotatable bonds is 3. The fraction of sp³-hybridized carbons (Fsp3) is 0.375. The van der Waals surface area contributed by atoms with Crippen LogP contribution in [0.5, 0.6) is 0 Å². The van der Waals surface area contributed by atoms with Gasteiger partial charge in [-0.2, -0.15) is 13.2 Å². The Balaban J connectivity index is 1.80. The van der Waals surface area contributed by atoms with Crippen LogP contribution in [0, 0.1) is 0 Å². The van der Waals surface area contributed by atoms with Crippen molar-refractivity contribution < 1.29 is 22.5 Å². The number of hydrogen-bond donors (Lipinski definition) is 1. The third kappa shape index (κ3) is 3.40. The second-order valence-corrected chi connectivity index (χ2v) is 6.08. The van der Waals surface area contributed by atoms with Crippen molar-refractivity contribution in [3.8, 4) is 11.3 Å². The average molecular weight is 359 g/mol. The highest BCUT2D eigenvalue weighted by molar-refractivity contribution is 6.35. The molecule has 1 heterocycles. The predicted octanol–water partition coefficient (Wildman–Crippen LogP) is 4.69. The molecule has 8 heteroatoms. The van der Waals surface area contributed by atoms with Crippen molar-refractivity contribution in [2.45, 2.75) is 37.9 Å². The van der Waals surface area contributed by atoms with Crippen LogP contribution in [0.1, 0.15) is 41.8 Å². The monoisotopic (exact) mass is 358 g/mol. The van der Waals surface area contributed by atoms with Crippen molar-refractivity contribution in [1.82, 2.24) is 10.5 Å². The summed E-state index contributed by atoms with van der Waals surface area (Å²) in [7, 11) is 0. The third-order valence-corrected chi connectivity index (χ3v) is 4.37. The Bertz CT molecular complexity index is 735. The Labute approximate surface area is 141 Å². The molecule has 0 spiro atoms. The van der Waals surface area contributed by atoms with E-state index < -0.39 is 17.6 Å². The first-order valence-electron chi connectivity index (χ1n) is 7.50. The zero-order valence-electron chi connectivity index (χ0n) is 12.5. The number of hydrogen-bond acceptors (Lipinski definition) is 3. The van der Waals surface area contributed by atoms with Gasteiger partial charge in [0.1, 0.15) is 10.7 Å². The quantitative estimate of drug-likeness (QED) is 0.866. The number of carbonyl (C=O) groups excluding carboxylic acids is 1. The van der Waals surface area contributed by atoms with Gasteiger partial charge in [-0.1, -0.05) is 41.7 Å². The normalized spacial score (nSPS) is 15.7. The van der Waals surface area contributed by atoms with Crippen molar-refractivity contribution >= 4 is 17.5 Å². The van der Waals surface area contributed by atoms with E-state index in [1.54, 1.807) is 0 Å². The second kappa shape index (κ2) is 6.47. The molecule has 1 fully saturated rings. The van der Waals surface area contributed by atoms with Gasteiger partial charge in [0.25, 0.3) is 5.91 Å². The number of carbonyl (C=O) groups is 1. The van der Waals surface area contributed by atoms with E-state index in [9.17, 15) is 18.0 Å². The van der Waals surface area contributed by atoms with E-state index in [1.165, 1.54) is 12.1 Å². The molecule has 1 aliphatic carbocycles. The highest BCUT2D eigenvalue weighted by Gasteiger charge is 2.30. The van der Waals surface area contributed by atoms with Crippen LogP contribution in [0.2, 0.25) is 5.02 Å². The lowest BCUT2D eigenvalue weighted by atomic mass is 10.1. The Kier molecular flexibility index (Phi) is 4.54. The minimum atomic E-state index is -4.42. The number of benzene rings is 1. The molecule has 24 heavy (non-hydrogen) atoms. The summed E-state index contributed by atoms with van der Waals surface area (Å²) in [6, 6.07) is 4.43. The van der Waals surface area contributed by atoms with Crippen molar-refractivity contribution in [3.63, 3.8) is 0 Å². The highest BCUT2D eigenvalue weighted by Crippen LogP contribution is 2.34. The number of halogens is 4. The highest BCUT2D eigenvalue weighted by atomic mass is 35.5. The zero-order valence-corrected chi connectivity index (χ0v) is 13.2. The van der Waals surface area contributed by atoms with Crippen LogP contribution in [0.3, 0.4) is 0 Å². The summed E-state index contributed by atoms with van der Waals surface area (Å²) in [4.78, 5) is 12.2. The number of aromatic nitrogens is 1. The molecule has 1 N–H and O–H groups in total. The third-order valence-electron chi connectivity index (χ3n) is 4.02. The standard InChI is InChI=1S/C16H14ClF3N2O2/c17-12-13(9-5-7-10(8-6-9)16(18,19)20)22-24-14(12)15(23)21-11-3-1-2-4-11/h5-8,11H,1-4H2,(H,21,23). The molecule has 0 bridgehead atoms. The molecule has 1 aromatic heterocycles. The summed E-state index contributed by atoms with van der Waals surface area (Å²) in [5, 5.41) is 6.54. The predicted molar refractivity (Wildman–Crippen MR) is 81.7 cm³/mol. The molecule has 2 aromatic rings. The van der Waals surface area contributed by atoms with Crippen molar-refractivity contribution in [2.75, 3.05) is 0 Å². The summed E-state index contributed by atoms with van der Waals surface area (Å²) in [6.07, 6.45) is -0.483. The van der Waals surface area contributed by atoms with E-state index in [-0.39, 0.29) is 22.5 Å². The molecule has 0 atom stereocenters. The topological polar surface area (TPSA) is 55.1 Å². The van der Waals surface area contributed by atoms with Gasteiger partial charge in [-0.05, 0) is 25.0 Å². The second-order valence-electron chi connectivity index (χ2n) is 5.70. The lowest BCUT2D eigenvalue weighted by molar-refractivity contribution is -0.137. The summed E-state index contributed by atoms with van der Waals surface area (Å²) < 4.78 is 42.8. The Morgan fingerprint density at radius 2 is 1.83 bits per heavy atom. The number of nitrogens with zero attached hydrogens (tertiary/aromatic N) is 1. The molecule has 0 aliphatic heterocycles. The van der Waals surface area contributed by atoms with Crippen LogP contribution in [0.25, 0.3) is 11.3 Å². The fourth-order valence-corrected chi connectivity index (χ4v) is 3.00. The molecule has 128 valence electrons. The SMILES string of the molecule is O=C(NC1CCCC1)c1onc(-c2ccc(C(F)(F)F)cc2)c1Cl. The summed E-state index contributed by atoms with van der Waals surface area (Å²) in [5.41, 5.74) is -0.288. The molecule has 0 unspecified atom stereocenters. The Morgan fingerprint density at radius 3 is 2.42 bits per heavy atom. The van der Waals surface area contributed by atoms with Crippen LogP contribution in [-0.4, -0.2) is 17.1 Å². The van der Waals surface area contributed by atoms with Crippen molar-refractivity contribution in [3.05, 3.63) is 40.6 Å². The molecular formula is C16H14ClF3N2O2. The summed E-state index contributed by atoms with van der Waals surface area (Å²) in [5.74, 6) is -0.587. The molecule has 1 amide bonds. The molecule has 1 saturated carbocycles. The van der Waals surface area contributed by atoms with Gasteiger partial charge in [0.05, 0.1) is 5.56 Å². The maximum absolute atomic E-state index is 12.6. The number of nitrogens with one attached hydrogen (secondary N) is 1. The van der Waals surface area contributed by atoms with E-state index in [4.69, 9.17) is 16.1 Å². The summed E-state index contributed by atoms with van der Waals surface area (Å²) >= 11 is 6.13. The van der Waals surface area contributed by atoms with Gasteiger partial charge in [-0.15, -0.1) is 0 Å². The van der Waals surface area contributed by atoms with Gasteiger partial charge in [0.2, 0.25) is 5.76 Å². The first-order valence-corrected chi connectivity index (χ1v) is 7.87. The van der Waals surface area contributed by atoms with Crippen LogP contribution in [-0.2, 0) is 6.18 Å². The Morgan fingerprint density at radius 1 is 1.21 bits per heavy atom. The molecule has 4 nitrogen and oxygen atoms in total.